The van der Waals surface area contributed by atoms with Crippen molar-refractivity contribution in [3.63, 3.8) is 0 Å². The molecule has 4 heteroatoms. The third-order valence-corrected chi connectivity index (χ3v) is 6.87. The standard InChI is InChI=1S/C25H16BBrO2/c27-16-10-12-20-18-6-2-4-8-22(18)25(24(20)14-16)21-7-3-1-5-17(21)19-11-9-15(26(28)29)13-23(19)25/h1-14,28-29H. The van der Waals surface area contributed by atoms with E-state index in [0.29, 0.717) is 5.46 Å². The van der Waals surface area contributed by atoms with Crippen molar-refractivity contribution < 1.29 is 10.0 Å². The SMILES string of the molecule is OB(O)c1ccc2c(c1)C1(c3ccccc3-c3ccc(Br)cc31)c1ccccc1-2. The summed E-state index contributed by atoms with van der Waals surface area (Å²) in [5.74, 6) is 0. The van der Waals surface area contributed by atoms with Crippen LogP contribution in [0, 0.1) is 0 Å². The van der Waals surface area contributed by atoms with E-state index in [1.165, 1.54) is 33.4 Å². The minimum absolute atomic E-state index is 0.466. The third kappa shape index (κ3) is 2.09. The first kappa shape index (κ1) is 17.2. The summed E-state index contributed by atoms with van der Waals surface area (Å²) in [5.41, 5.74) is 9.65. The molecule has 6 rings (SSSR count). The molecule has 0 aliphatic heterocycles. The summed E-state index contributed by atoms with van der Waals surface area (Å²) in [5, 5.41) is 19.8. The minimum Gasteiger partial charge on any atom is -0.423 e. The van der Waals surface area contributed by atoms with Crippen LogP contribution in [-0.2, 0) is 5.41 Å². The summed E-state index contributed by atoms with van der Waals surface area (Å²) in [4.78, 5) is 0. The van der Waals surface area contributed by atoms with Crippen LogP contribution < -0.4 is 5.46 Å². The molecule has 2 nitrogen and oxygen atoms in total. The highest BCUT2D eigenvalue weighted by molar-refractivity contribution is 9.10. The van der Waals surface area contributed by atoms with Crippen molar-refractivity contribution in [2.24, 2.45) is 0 Å². The first-order valence-corrected chi connectivity index (χ1v) is 10.4. The van der Waals surface area contributed by atoms with Gasteiger partial charge in [0.25, 0.3) is 0 Å². The fourth-order valence-electron chi connectivity index (χ4n) is 5.29. The second-order valence-electron chi connectivity index (χ2n) is 7.71. The van der Waals surface area contributed by atoms with E-state index in [1.807, 2.05) is 18.2 Å². The Balaban J connectivity index is 1.84. The van der Waals surface area contributed by atoms with Crippen LogP contribution in [-0.4, -0.2) is 17.2 Å². The van der Waals surface area contributed by atoms with Crippen LogP contribution in [0.2, 0.25) is 0 Å². The average molecular weight is 439 g/mol. The second-order valence-corrected chi connectivity index (χ2v) is 8.63. The highest BCUT2D eigenvalue weighted by atomic mass is 79.9. The Bertz CT molecular complexity index is 1300. The molecule has 0 amide bonds. The molecule has 4 aromatic rings. The molecule has 2 aliphatic carbocycles. The molecule has 2 aliphatic rings. The molecule has 0 radical (unpaired) electrons. The van der Waals surface area contributed by atoms with Crippen LogP contribution >= 0.6 is 15.9 Å². The Kier molecular flexibility index (Phi) is 3.52. The van der Waals surface area contributed by atoms with Gasteiger partial charge in [0, 0.05) is 4.47 Å². The van der Waals surface area contributed by atoms with Crippen molar-refractivity contribution >= 4 is 28.5 Å². The van der Waals surface area contributed by atoms with E-state index in [9.17, 15) is 10.0 Å². The maximum Gasteiger partial charge on any atom is 0.488 e. The van der Waals surface area contributed by atoms with E-state index < -0.39 is 12.5 Å². The number of benzene rings is 4. The van der Waals surface area contributed by atoms with E-state index in [2.05, 4.69) is 82.7 Å². The van der Waals surface area contributed by atoms with Gasteiger partial charge in [0.1, 0.15) is 0 Å². The first-order chi connectivity index (χ1) is 14.1. The fraction of sp³-hybridized carbons (Fsp3) is 0.0400. The van der Waals surface area contributed by atoms with Gasteiger partial charge in [-0.3, -0.25) is 0 Å². The predicted octanol–water partition coefficient (Wildman–Crippen LogP) is 4.47. The zero-order valence-electron chi connectivity index (χ0n) is 15.4. The molecular formula is C25H16BBrO2. The summed E-state index contributed by atoms with van der Waals surface area (Å²) < 4.78 is 1.03. The highest BCUT2D eigenvalue weighted by Crippen LogP contribution is 2.62. The van der Waals surface area contributed by atoms with Gasteiger partial charge in [0.2, 0.25) is 0 Å². The molecule has 0 heterocycles. The smallest absolute Gasteiger partial charge is 0.423 e. The van der Waals surface area contributed by atoms with E-state index in [0.717, 1.165) is 15.6 Å². The number of rotatable bonds is 1. The maximum absolute atomic E-state index is 9.89. The van der Waals surface area contributed by atoms with Gasteiger partial charge in [-0.2, -0.15) is 0 Å². The van der Waals surface area contributed by atoms with Crippen LogP contribution in [0.5, 0.6) is 0 Å². The lowest BCUT2D eigenvalue weighted by Crippen LogP contribution is -2.32. The summed E-state index contributed by atoms with van der Waals surface area (Å²) in [6, 6.07) is 29.4. The quantitative estimate of drug-likeness (QED) is 0.372. The largest absolute Gasteiger partial charge is 0.488 e. The molecule has 29 heavy (non-hydrogen) atoms. The van der Waals surface area contributed by atoms with Gasteiger partial charge in [-0.1, -0.05) is 88.7 Å². The molecule has 0 saturated heterocycles. The van der Waals surface area contributed by atoms with E-state index in [4.69, 9.17) is 0 Å². The summed E-state index contributed by atoms with van der Waals surface area (Å²) in [6.45, 7) is 0. The highest BCUT2D eigenvalue weighted by Gasteiger charge is 2.51. The second kappa shape index (κ2) is 5.93. The van der Waals surface area contributed by atoms with Gasteiger partial charge < -0.3 is 10.0 Å². The minimum atomic E-state index is -1.50. The summed E-state index contributed by atoms with van der Waals surface area (Å²) in [7, 11) is -1.50. The lowest BCUT2D eigenvalue weighted by molar-refractivity contribution is 0.425. The Hall–Kier alpha value is -2.66. The van der Waals surface area contributed by atoms with Crippen LogP contribution in [0.15, 0.2) is 89.4 Å². The van der Waals surface area contributed by atoms with E-state index in [-0.39, 0.29) is 0 Å². The van der Waals surface area contributed by atoms with Crippen molar-refractivity contribution in [2.45, 2.75) is 5.41 Å². The Morgan fingerprint density at radius 3 is 1.72 bits per heavy atom. The topological polar surface area (TPSA) is 40.5 Å². The van der Waals surface area contributed by atoms with Crippen molar-refractivity contribution in [3.05, 3.63) is 112 Å². The Labute approximate surface area is 177 Å². The molecule has 0 aromatic heterocycles. The average Bonchev–Trinajstić information content (AvgIpc) is 3.20. The van der Waals surface area contributed by atoms with Gasteiger partial charge in [0.15, 0.2) is 0 Å². The molecule has 0 bridgehead atoms. The number of halogens is 1. The number of fused-ring (bicyclic) bond motifs is 10. The molecule has 0 fully saturated rings. The molecule has 1 unspecified atom stereocenters. The molecule has 1 atom stereocenters. The van der Waals surface area contributed by atoms with Crippen molar-refractivity contribution in [1.29, 1.82) is 0 Å². The molecule has 0 saturated carbocycles. The molecule has 4 aromatic carbocycles. The summed E-state index contributed by atoms with van der Waals surface area (Å²) >= 11 is 3.68. The van der Waals surface area contributed by atoms with Crippen LogP contribution in [0.25, 0.3) is 22.3 Å². The molecular weight excluding hydrogens is 423 g/mol. The first-order valence-electron chi connectivity index (χ1n) is 9.62. The monoisotopic (exact) mass is 438 g/mol. The fourth-order valence-corrected chi connectivity index (χ4v) is 5.65. The lowest BCUT2D eigenvalue weighted by atomic mass is 9.68. The zero-order valence-corrected chi connectivity index (χ0v) is 17.0. The summed E-state index contributed by atoms with van der Waals surface area (Å²) in [6.07, 6.45) is 0. The Morgan fingerprint density at radius 1 is 0.586 bits per heavy atom. The van der Waals surface area contributed by atoms with Crippen molar-refractivity contribution in [3.8, 4) is 22.3 Å². The van der Waals surface area contributed by atoms with Gasteiger partial charge in [-0.25, -0.2) is 0 Å². The van der Waals surface area contributed by atoms with Crippen LogP contribution in [0.3, 0.4) is 0 Å². The number of hydrogen-bond acceptors (Lipinski definition) is 2. The zero-order chi connectivity index (χ0) is 19.8. The van der Waals surface area contributed by atoms with E-state index in [1.54, 1.807) is 0 Å². The maximum atomic E-state index is 9.89. The normalized spacial score (nSPS) is 17.6. The van der Waals surface area contributed by atoms with Gasteiger partial charge in [-0.15, -0.1) is 0 Å². The van der Waals surface area contributed by atoms with E-state index >= 15 is 0 Å². The van der Waals surface area contributed by atoms with Gasteiger partial charge in [0.05, 0.1) is 5.41 Å². The number of hydrogen-bond donors (Lipinski definition) is 2. The van der Waals surface area contributed by atoms with Gasteiger partial charge in [-0.05, 0) is 62.1 Å². The van der Waals surface area contributed by atoms with Gasteiger partial charge >= 0.3 is 7.12 Å². The Morgan fingerprint density at radius 2 is 1.10 bits per heavy atom. The predicted molar refractivity (Wildman–Crippen MR) is 120 cm³/mol. The molecule has 138 valence electrons. The van der Waals surface area contributed by atoms with Crippen LogP contribution in [0.4, 0.5) is 0 Å². The van der Waals surface area contributed by atoms with Crippen molar-refractivity contribution in [2.75, 3.05) is 0 Å². The van der Waals surface area contributed by atoms with Crippen molar-refractivity contribution in [1.82, 2.24) is 0 Å². The lowest BCUT2D eigenvalue weighted by Gasteiger charge is -2.30. The van der Waals surface area contributed by atoms with Crippen LogP contribution in [0.1, 0.15) is 22.3 Å². The third-order valence-electron chi connectivity index (χ3n) is 6.37. The molecule has 2 N–H and O–H groups in total. The molecule has 1 spiro atoms.